The highest BCUT2D eigenvalue weighted by Gasteiger charge is 2.36. The maximum Gasteiger partial charge on any atom is 0.258 e. The molecule has 5 rings (SSSR count). The first-order valence-electron chi connectivity index (χ1n) is 13.2. The van der Waals surface area contributed by atoms with Gasteiger partial charge < -0.3 is 9.64 Å². The number of nitrogens with zero attached hydrogens (tertiary/aromatic N) is 2. The highest BCUT2D eigenvalue weighted by Crippen LogP contribution is 2.38. The second-order valence-electron chi connectivity index (χ2n) is 10.0. The van der Waals surface area contributed by atoms with Crippen molar-refractivity contribution in [3.63, 3.8) is 0 Å². The van der Waals surface area contributed by atoms with Gasteiger partial charge in [0.05, 0.1) is 7.11 Å². The van der Waals surface area contributed by atoms with Crippen LogP contribution in [-0.2, 0) is 0 Å². The summed E-state index contributed by atoms with van der Waals surface area (Å²) in [5, 5.41) is 0. The van der Waals surface area contributed by atoms with Crippen LogP contribution in [0.1, 0.15) is 60.4 Å². The van der Waals surface area contributed by atoms with Gasteiger partial charge in [-0.25, -0.2) is 4.39 Å². The molecule has 188 valence electrons. The minimum absolute atomic E-state index is 0.0848. The van der Waals surface area contributed by atoms with Crippen LogP contribution in [-0.4, -0.2) is 43.1 Å². The first kappa shape index (κ1) is 24.5. The van der Waals surface area contributed by atoms with E-state index in [0.29, 0.717) is 17.5 Å². The summed E-state index contributed by atoms with van der Waals surface area (Å²) in [4.78, 5) is 18.3. The summed E-state index contributed by atoms with van der Waals surface area (Å²) in [5.74, 6) is 0.914. The molecule has 36 heavy (non-hydrogen) atoms. The number of hydrogen-bond acceptors (Lipinski definition) is 3. The summed E-state index contributed by atoms with van der Waals surface area (Å²) in [6.45, 7) is 1.95. The quantitative estimate of drug-likeness (QED) is 0.390. The van der Waals surface area contributed by atoms with E-state index >= 15 is 0 Å². The Labute approximate surface area is 213 Å². The SMILES string of the molecule is COc1ccc(N(C(=O)c2ccc(F)cc2)C2CCN(C3CCCCC3c3ccccc3)CC2)cc1. The van der Waals surface area contributed by atoms with E-state index in [4.69, 9.17) is 4.74 Å². The number of benzene rings is 3. The van der Waals surface area contributed by atoms with E-state index in [0.717, 1.165) is 37.4 Å². The number of anilines is 1. The molecule has 2 unspecified atom stereocenters. The van der Waals surface area contributed by atoms with Crippen LogP contribution >= 0.6 is 0 Å². The van der Waals surface area contributed by atoms with Crippen molar-refractivity contribution in [3.8, 4) is 5.75 Å². The second kappa shape index (κ2) is 11.3. The maximum absolute atomic E-state index is 13.7. The molecule has 1 saturated carbocycles. The number of ether oxygens (including phenoxy) is 1. The Hall–Kier alpha value is -3.18. The number of amides is 1. The van der Waals surface area contributed by atoms with Gasteiger partial charge in [0.1, 0.15) is 11.6 Å². The number of rotatable bonds is 6. The molecule has 0 spiro atoms. The van der Waals surface area contributed by atoms with Crippen molar-refractivity contribution in [2.45, 2.75) is 56.5 Å². The molecule has 1 heterocycles. The molecule has 1 amide bonds. The molecule has 2 aliphatic rings. The Morgan fingerprint density at radius 3 is 2.19 bits per heavy atom. The molecule has 2 atom stereocenters. The van der Waals surface area contributed by atoms with Gasteiger partial charge in [-0.15, -0.1) is 0 Å². The Morgan fingerprint density at radius 2 is 1.53 bits per heavy atom. The highest BCUT2D eigenvalue weighted by atomic mass is 19.1. The Morgan fingerprint density at radius 1 is 0.861 bits per heavy atom. The van der Waals surface area contributed by atoms with Gasteiger partial charge in [0, 0.05) is 36.4 Å². The Kier molecular flexibility index (Phi) is 7.66. The lowest BCUT2D eigenvalue weighted by Gasteiger charge is -2.45. The van der Waals surface area contributed by atoms with Crippen LogP contribution in [0.3, 0.4) is 0 Å². The van der Waals surface area contributed by atoms with Gasteiger partial charge in [0.2, 0.25) is 0 Å². The molecule has 5 heteroatoms. The van der Waals surface area contributed by atoms with Crippen LogP contribution in [0.15, 0.2) is 78.9 Å². The largest absolute Gasteiger partial charge is 0.497 e. The summed E-state index contributed by atoms with van der Waals surface area (Å²) in [5.41, 5.74) is 2.81. The molecule has 0 N–H and O–H groups in total. The summed E-state index contributed by atoms with van der Waals surface area (Å²) in [7, 11) is 1.64. The monoisotopic (exact) mass is 486 g/mol. The number of likely N-dealkylation sites (tertiary alicyclic amines) is 1. The standard InChI is InChI=1S/C31H35FN2O2/c1-36-28-17-15-26(16-18-28)34(31(35)24-11-13-25(32)14-12-24)27-19-21-33(22-20-27)30-10-6-5-9-29(30)23-7-3-2-4-8-23/h2-4,7-8,11-18,27,29-30H,5-6,9-10,19-22H2,1H3. The molecule has 4 nitrogen and oxygen atoms in total. The molecule has 0 bridgehead atoms. The topological polar surface area (TPSA) is 32.8 Å². The molecule has 3 aromatic rings. The molecule has 1 aliphatic carbocycles. The average Bonchev–Trinajstić information content (AvgIpc) is 2.95. The number of methoxy groups -OCH3 is 1. The van der Waals surface area contributed by atoms with E-state index in [-0.39, 0.29) is 17.8 Å². The van der Waals surface area contributed by atoms with Crippen LogP contribution in [0.5, 0.6) is 5.75 Å². The average molecular weight is 487 g/mol. The first-order chi connectivity index (χ1) is 17.6. The van der Waals surface area contributed by atoms with Crippen molar-refractivity contribution in [3.05, 3.63) is 95.8 Å². The van der Waals surface area contributed by atoms with E-state index in [2.05, 4.69) is 35.2 Å². The number of hydrogen-bond donors (Lipinski definition) is 0. The van der Waals surface area contributed by atoms with E-state index in [1.54, 1.807) is 19.2 Å². The normalized spacial score (nSPS) is 21.2. The van der Waals surface area contributed by atoms with Crippen LogP contribution < -0.4 is 9.64 Å². The van der Waals surface area contributed by atoms with Gasteiger partial charge in [0.15, 0.2) is 0 Å². The van der Waals surface area contributed by atoms with Crippen molar-refractivity contribution in [2.24, 2.45) is 0 Å². The van der Waals surface area contributed by atoms with E-state index in [1.807, 2.05) is 29.2 Å². The van der Waals surface area contributed by atoms with Gasteiger partial charge in [-0.05, 0) is 85.7 Å². The molecule has 3 aromatic carbocycles. The molecule has 0 aromatic heterocycles. The summed E-state index contributed by atoms with van der Waals surface area (Å²) >= 11 is 0. The maximum atomic E-state index is 13.7. The predicted molar refractivity (Wildman–Crippen MR) is 142 cm³/mol. The minimum atomic E-state index is -0.337. The molecule has 0 radical (unpaired) electrons. The van der Waals surface area contributed by atoms with Crippen LogP contribution in [0.2, 0.25) is 0 Å². The number of carbonyl (C=O) groups is 1. The lowest BCUT2D eigenvalue weighted by atomic mass is 9.78. The van der Waals surface area contributed by atoms with Gasteiger partial charge in [-0.1, -0.05) is 43.2 Å². The smallest absolute Gasteiger partial charge is 0.258 e. The van der Waals surface area contributed by atoms with Crippen LogP contribution in [0.4, 0.5) is 10.1 Å². The van der Waals surface area contributed by atoms with Gasteiger partial charge in [-0.2, -0.15) is 0 Å². The van der Waals surface area contributed by atoms with Gasteiger partial charge in [0.25, 0.3) is 5.91 Å². The molecule has 1 aliphatic heterocycles. The summed E-state index contributed by atoms with van der Waals surface area (Å²) in [6, 6.07) is 25.2. The zero-order valence-corrected chi connectivity index (χ0v) is 21.0. The third-order valence-corrected chi connectivity index (χ3v) is 7.95. The van der Waals surface area contributed by atoms with Crippen molar-refractivity contribution >= 4 is 11.6 Å². The first-order valence-corrected chi connectivity index (χ1v) is 13.2. The molecular weight excluding hydrogens is 451 g/mol. The fourth-order valence-corrected chi connectivity index (χ4v) is 6.08. The lowest BCUT2D eigenvalue weighted by Crippen LogP contribution is -2.51. The van der Waals surface area contributed by atoms with E-state index in [1.165, 1.54) is 43.4 Å². The third-order valence-electron chi connectivity index (χ3n) is 7.95. The van der Waals surface area contributed by atoms with Crippen molar-refractivity contribution in [2.75, 3.05) is 25.1 Å². The van der Waals surface area contributed by atoms with Crippen LogP contribution in [0, 0.1) is 5.82 Å². The fourth-order valence-electron chi connectivity index (χ4n) is 6.08. The highest BCUT2D eigenvalue weighted by molar-refractivity contribution is 6.06. The molecule has 2 fully saturated rings. The van der Waals surface area contributed by atoms with Gasteiger partial charge >= 0.3 is 0 Å². The predicted octanol–water partition coefficient (Wildman–Crippen LogP) is 6.67. The third kappa shape index (κ3) is 5.31. The number of carbonyl (C=O) groups excluding carboxylic acids is 1. The minimum Gasteiger partial charge on any atom is -0.497 e. The molecule has 1 saturated heterocycles. The number of halogens is 1. The zero-order valence-electron chi connectivity index (χ0n) is 21.0. The van der Waals surface area contributed by atoms with Gasteiger partial charge in [-0.3, -0.25) is 9.69 Å². The summed E-state index contributed by atoms with van der Waals surface area (Å²) < 4.78 is 18.9. The zero-order chi connectivity index (χ0) is 24.9. The Balaban J connectivity index is 1.35. The second-order valence-corrected chi connectivity index (χ2v) is 10.0. The van der Waals surface area contributed by atoms with Crippen LogP contribution in [0.25, 0.3) is 0 Å². The van der Waals surface area contributed by atoms with Crippen molar-refractivity contribution in [1.29, 1.82) is 0 Å². The van der Waals surface area contributed by atoms with Crippen molar-refractivity contribution < 1.29 is 13.9 Å². The lowest BCUT2D eigenvalue weighted by molar-refractivity contribution is 0.0895. The molecular formula is C31H35FN2O2. The summed E-state index contributed by atoms with van der Waals surface area (Å²) in [6.07, 6.45) is 6.89. The fraction of sp³-hybridized carbons (Fsp3) is 0.387. The Bertz CT molecular complexity index is 1130. The van der Waals surface area contributed by atoms with Crippen molar-refractivity contribution in [1.82, 2.24) is 4.90 Å². The number of piperidine rings is 1. The van der Waals surface area contributed by atoms with E-state index < -0.39 is 0 Å². The van der Waals surface area contributed by atoms with E-state index in [9.17, 15) is 9.18 Å².